The molecule has 0 aliphatic carbocycles. The standard InChI is InChI=1S/C83H123N2O17P/c1-11-18-22-26-29-32-34-36-37-39-41-43-45-49-53-59-74(88)84-77-81(94-66-60-71(92-10)57-52-47-25-21-14-4)79(102-103(90,97-62-16-6)98-63-17-7)73(68-91-9)101-83(77)96-65-55-58-72-78(99-69(8)86)80(93-64-54-50-46-31-28-24-20-13-3)76(82(100-72)95-61-15-5)85-75(89)67-70(87)56-51-48-44-42-40-38-35-33-30-27-23-19-12-2/h2,15-17,32,34,61,71-73,76-83H,6-7,11,13-14,18,20-22,24-26,28-29,31,36-37,39,41,43,45-47,49-50,52-60,62-68H2,1,3-5,8-10H3,(H,84,88)(H,85,89)/b34-32-,61-15-/t71-,72-,73-,76-,77-,78-,79-,80-,81-,82+,83-/m1/s1. The van der Waals surface area contributed by atoms with Crippen LogP contribution < -0.4 is 10.6 Å². The molecule has 2 rings (SSSR count). The molecule has 19 nitrogen and oxygen atoms in total. The summed E-state index contributed by atoms with van der Waals surface area (Å²) in [5.41, 5.74) is 0. The lowest BCUT2D eigenvalue weighted by Crippen LogP contribution is -2.66. The van der Waals surface area contributed by atoms with Crippen LogP contribution in [0.15, 0.2) is 49.8 Å². The second kappa shape index (κ2) is 62.9. The van der Waals surface area contributed by atoms with Gasteiger partial charge in [0.05, 0.1) is 45.0 Å². The van der Waals surface area contributed by atoms with Crippen molar-refractivity contribution in [2.24, 2.45) is 0 Å². The van der Waals surface area contributed by atoms with E-state index in [4.69, 9.17) is 62.6 Å². The number of ether oxygens (including phenoxy) is 9. The molecule has 2 aliphatic heterocycles. The average Bonchev–Trinajstić information content (AvgIpc) is 0.788. The van der Waals surface area contributed by atoms with Crippen LogP contribution >= 0.6 is 7.82 Å². The van der Waals surface area contributed by atoms with Crippen LogP contribution in [-0.2, 0) is 79.9 Å². The molecule has 0 bridgehead atoms. The largest absolute Gasteiger partial charge is 0.475 e. The minimum Gasteiger partial charge on any atom is -0.471 e. The zero-order valence-corrected chi connectivity index (χ0v) is 64.2. The van der Waals surface area contributed by atoms with E-state index in [1.54, 1.807) is 20.1 Å². The van der Waals surface area contributed by atoms with Crippen LogP contribution in [0.5, 0.6) is 0 Å². The van der Waals surface area contributed by atoms with Crippen LogP contribution in [0.25, 0.3) is 0 Å². The van der Waals surface area contributed by atoms with Gasteiger partial charge < -0.3 is 53.3 Å². The summed E-state index contributed by atoms with van der Waals surface area (Å²) in [5.74, 6) is 30.2. The molecule has 2 N–H and O–H groups in total. The SMILES string of the molecule is C#CC#CC#CC#CC#CC#CC#CCC(=O)CC(=O)N[C@H]1[C@@H](O/C=C\C)O[C@H](CCCO[C@@H]2O[C@H](COC)[C@@H](OP(=O)(OCC=C)OCC=C)[C@H](OCC[C@@H](CCCCCCC)OC)[C@H]2NC(=O)CCCCCCCCC/C=C\CCCCCC)[C@@H](OC(C)=O)[C@@H]1OCCCCCCCCCC. The lowest BCUT2D eigenvalue weighted by atomic mass is 9.93. The van der Waals surface area contributed by atoms with E-state index in [2.05, 4.69) is 134 Å². The number of nitrogens with one attached hydrogen (secondary N) is 2. The number of phosphoric acid groups is 1. The molecule has 103 heavy (non-hydrogen) atoms. The zero-order chi connectivity index (χ0) is 75.1. The monoisotopic (exact) mass is 1450 g/mol. The Labute approximate surface area is 620 Å². The van der Waals surface area contributed by atoms with Crippen LogP contribution in [0.2, 0.25) is 0 Å². The van der Waals surface area contributed by atoms with Gasteiger partial charge in [-0.3, -0.25) is 32.7 Å². The van der Waals surface area contributed by atoms with Crippen molar-refractivity contribution in [1.29, 1.82) is 0 Å². The quantitative estimate of drug-likeness (QED) is 0.0110. The number of esters is 1. The van der Waals surface area contributed by atoms with Crippen molar-refractivity contribution in [2.75, 3.05) is 53.9 Å². The van der Waals surface area contributed by atoms with Crippen molar-refractivity contribution in [2.45, 2.75) is 314 Å². The molecule has 2 heterocycles. The van der Waals surface area contributed by atoms with Crippen LogP contribution in [-0.4, -0.2) is 145 Å². The van der Waals surface area contributed by atoms with E-state index >= 15 is 0 Å². The van der Waals surface area contributed by atoms with E-state index in [1.807, 2.05) is 0 Å². The molecule has 2 amide bonds. The topological polar surface area (TPSA) is 220 Å². The number of terminal acetylenes is 1. The van der Waals surface area contributed by atoms with E-state index in [9.17, 15) is 23.7 Å². The Morgan fingerprint density at radius 3 is 1.64 bits per heavy atom. The van der Waals surface area contributed by atoms with Gasteiger partial charge in [0.25, 0.3) is 0 Å². The van der Waals surface area contributed by atoms with E-state index in [-0.39, 0.29) is 77.3 Å². The Balaban J connectivity index is 2.59. The van der Waals surface area contributed by atoms with Crippen molar-refractivity contribution >= 4 is 31.4 Å². The Hall–Kier alpha value is -6.41. The highest BCUT2D eigenvalue weighted by molar-refractivity contribution is 7.48. The highest BCUT2D eigenvalue weighted by Gasteiger charge is 2.53. The predicted molar refractivity (Wildman–Crippen MR) is 405 cm³/mol. The summed E-state index contributed by atoms with van der Waals surface area (Å²) < 4.78 is 90.4. The highest BCUT2D eigenvalue weighted by atomic mass is 31.2. The first-order valence-corrected chi connectivity index (χ1v) is 39.3. The summed E-state index contributed by atoms with van der Waals surface area (Å²) in [7, 11) is -1.25. The third-order valence-electron chi connectivity index (χ3n) is 16.9. The van der Waals surface area contributed by atoms with Crippen LogP contribution in [0.3, 0.4) is 0 Å². The number of carbonyl (C=O) groups excluding carboxylic acids is 4. The number of methoxy groups -OCH3 is 2. The molecule has 572 valence electrons. The van der Waals surface area contributed by atoms with Crippen molar-refractivity contribution in [3.8, 4) is 83.4 Å². The molecule has 0 aromatic carbocycles. The molecule has 0 saturated carbocycles. The number of Topliss-reactive ketones (excluding diaryl/α,β-unsaturated/α-hetero) is 1. The number of hydrogen-bond acceptors (Lipinski definition) is 17. The van der Waals surface area contributed by atoms with Gasteiger partial charge in [0.15, 0.2) is 18.2 Å². The molecule has 2 fully saturated rings. The maximum Gasteiger partial charge on any atom is 0.475 e. The lowest BCUT2D eigenvalue weighted by Gasteiger charge is -2.46. The molecule has 11 atom stereocenters. The average molecular weight is 1450 g/mol. The van der Waals surface area contributed by atoms with Gasteiger partial charge >= 0.3 is 13.8 Å². The third kappa shape index (κ3) is 44.9. The lowest BCUT2D eigenvalue weighted by molar-refractivity contribution is -0.278. The highest BCUT2D eigenvalue weighted by Crippen LogP contribution is 2.52. The maximum atomic E-state index is 14.6. The molecular formula is C83H123N2O17P. The number of carbonyl (C=O) groups is 4. The van der Waals surface area contributed by atoms with Crippen LogP contribution in [0, 0.1) is 83.4 Å². The van der Waals surface area contributed by atoms with Gasteiger partial charge in [0, 0.05) is 47.4 Å². The number of hydrogen-bond donors (Lipinski definition) is 2. The Morgan fingerprint density at radius 1 is 0.563 bits per heavy atom. The number of amides is 2. The van der Waals surface area contributed by atoms with Crippen molar-refractivity contribution in [3.05, 3.63) is 49.8 Å². The Kier molecular flexibility index (Phi) is 56.6. The molecule has 2 saturated heterocycles. The van der Waals surface area contributed by atoms with Gasteiger partial charge in [-0.05, 0) is 142 Å². The van der Waals surface area contributed by atoms with Gasteiger partial charge in [0.1, 0.15) is 42.6 Å². The zero-order valence-electron chi connectivity index (χ0n) is 63.3. The molecular weight excluding hydrogens is 1330 g/mol. The molecule has 0 aromatic rings. The first-order chi connectivity index (χ1) is 50.3. The number of unbranched alkanes of at least 4 members (excludes halogenated alkanes) is 22. The maximum absolute atomic E-state index is 14.6. The first-order valence-electron chi connectivity index (χ1n) is 37.9. The summed E-state index contributed by atoms with van der Waals surface area (Å²) in [6.07, 6.45) is 36.0. The summed E-state index contributed by atoms with van der Waals surface area (Å²) in [5, 5.41) is 6.14. The molecule has 0 unspecified atom stereocenters. The van der Waals surface area contributed by atoms with Gasteiger partial charge in [-0.2, -0.15) is 0 Å². The number of rotatable bonds is 59. The van der Waals surface area contributed by atoms with Crippen LogP contribution in [0.1, 0.15) is 247 Å². The Morgan fingerprint density at radius 2 is 1.07 bits per heavy atom. The molecule has 20 heteroatoms. The minimum absolute atomic E-state index is 0.00617. The van der Waals surface area contributed by atoms with Crippen molar-refractivity contribution in [1.82, 2.24) is 10.6 Å². The van der Waals surface area contributed by atoms with Gasteiger partial charge in [0.2, 0.25) is 18.1 Å². The van der Waals surface area contributed by atoms with Gasteiger partial charge in [-0.25, -0.2) is 4.57 Å². The summed E-state index contributed by atoms with van der Waals surface area (Å²) in [4.78, 5) is 54.8. The van der Waals surface area contributed by atoms with E-state index in [0.717, 1.165) is 122 Å². The molecule has 0 aromatic heterocycles. The van der Waals surface area contributed by atoms with E-state index in [1.165, 1.54) is 71.0 Å². The summed E-state index contributed by atoms with van der Waals surface area (Å²) >= 11 is 0. The molecule has 0 radical (unpaired) electrons. The summed E-state index contributed by atoms with van der Waals surface area (Å²) in [6.45, 7) is 17.1. The van der Waals surface area contributed by atoms with E-state index < -0.39 is 93.2 Å². The number of ketones is 1. The van der Waals surface area contributed by atoms with E-state index in [0.29, 0.717) is 19.3 Å². The second-order valence-electron chi connectivity index (χ2n) is 25.5. The normalized spacial score (nSPS) is 20.1. The fourth-order valence-electron chi connectivity index (χ4n) is 11.7. The smallest absolute Gasteiger partial charge is 0.471 e. The number of allylic oxidation sites excluding steroid dienone is 3. The fourth-order valence-corrected chi connectivity index (χ4v) is 13.0. The number of phosphoric ester groups is 1. The van der Waals surface area contributed by atoms with Crippen LogP contribution in [0.4, 0.5) is 0 Å². The van der Waals surface area contributed by atoms with Gasteiger partial charge in [-0.15, -0.1) is 19.6 Å². The predicted octanol–water partition coefficient (Wildman–Crippen LogP) is 14.9. The first kappa shape index (κ1) is 92.7. The third-order valence-corrected chi connectivity index (χ3v) is 18.3. The van der Waals surface area contributed by atoms with Crippen molar-refractivity contribution < 1.29 is 79.9 Å². The Bertz CT molecular complexity index is 2930. The van der Waals surface area contributed by atoms with Gasteiger partial charge in [-0.1, -0.05) is 185 Å². The minimum atomic E-state index is -4.43. The fraction of sp³-hybridized carbons (Fsp3) is 0.687. The molecule has 2 aliphatic rings. The molecule has 0 spiro atoms. The van der Waals surface area contributed by atoms with Crippen molar-refractivity contribution in [3.63, 3.8) is 0 Å². The summed E-state index contributed by atoms with van der Waals surface area (Å²) in [6, 6.07) is -2.14. The second-order valence-corrected chi connectivity index (χ2v) is 27.1.